The molecule has 1 atom stereocenters. The van der Waals surface area contributed by atoms with Gasteiger partial charge in [0.25, 0.3) is 0 Å². The second-order valence-electron chi connectivity index (χ2n) is 4.67. The van der Waals surface area contributed by atoms with Crippen molar-refractivity contribution < 1.29 is 14.2 Å². The van der Waals surface area contributed by atoms with Crippen molar-refractivity contribution in [3.05, 3.63) is 59.9 Å². The average molecular weight is 275 g/mol. The molecule has 1 unspecified atom stereocenters. The van der Waals surface area contributed by atoms with Gasteiger partial charge in [0.1, 0.15) is 24.3 Å². The zero-order valence-electron chi connectivity index (χ0n) is 11.3. The lowest BCUT2D eigenvalue weighted by molar-refractivity contribution is 0.117. The van der Waals surface area contributed by atoms with Gasteiger partial charge >= 0.3 is 0 Å². The van der Waals surface area contributed by atoms with E-state index in [1.165, 1.54) is 12.1 Å². The Morgan fingerprint density at radius 3 is 2.65 bits per heavy atom. The number of aliphatic hydroxyl groups excluding tert-OH is 1. The molecule has 0 aromatic heterocycles. The van der Waals surface area contributed by atoms with Crippen molar-refractivity contribution in [2.45, 2.75) is 13.0 Å². The molecule has 0 fully saturated rings. The highest BCUT2D eigenvalue weighted by Crippen LogP contribution is 2.12. The average Bonchev–Trinajstić information content (AvgIpc) is 2.45. The molecule has 0 spiro atoms. The van der Waals surface area contributed by atoms with Gasteiger partial charge in [0.05, 0.1) is 0 Å². The zero-order valence-corrected chi connectivity index (χ0v) is 11.3. The summed E-state index contributed by atoms with van der Waals surface area (Å²) in [4.78, 5) is 0. The minimum Gasteiger partial charge on any atom is -0.491 e. The van der Waals surface area contributed by atoms with Gasteiger partial charge in [0.2, 0.25) is 0 Å². The molecule has 2 rings (SSSR count). The number of hydrogen-bond donors (Lipinski definition) is 2. The van der Waals surface area contributed by atoms with Crippen molar-refractivity contribution in [1.82, 2.24) is 0 Å². The minimum atomic E-state index is -0.667. The van der Waals surface area contributed by atoms with Gasteiger partial charge in [-0.3, -0.25) is 0 Å². The maximum absolute atomic E-state index is 13.0. The molecule has 3 nitrogen and oxygen atoms in total. The molecule has 2 aromatic rings. The Balaban J connectivity index is 1.75. The second-order valence-corrected chi connectivity index (χ2v) is 4.67. The normalized spacial score (nSPS) is 11.9. The molecule has 2 N–H and O–H groups in total. The van der Waals surface area contributed by atoms with Gasteiger partial charge in [-0.1, -0.05) is 23.8 Å². The van der Waals surface area contributed by atoms with Crippen LogP contribution in [0.5, 0.6) is 5.75 Å². The SMILES string of the molecule is Cc1ccc(OCC(O)CNc2cccc(F)c2)cc1. The van der Waals surface area contributed by atoms with Crippen LogP contribution in [0.1, 0.15) is 5.56 Å². The molecule has 0 radical (unpaired) electrons. The molecular weight excluding hydrogens is 257 g/mol. The topological polar surface area (TPSA) is 41.5 Å². The first-order valence-electron chi connectivity index (χ1n) is 6.50. The van der Waals surface area contributed by atoms with Gasteiger partial charge in [-0.2, -0.15) is 0 Å². The molecule has 20 heavy (non-hydrogen) atoms. The van der Waals surface area contributed by atoms with Crippen LogP contribution in [0, 0.1) is 12.7 Å². The van der Waals surface area contributed by atoms with Gasteiger partial charge in [-0.15, -0.1) is 0 Å². The van der Waals surface area contributed by atoms with Gasteiger partial charge < -0.3 is 15.2 Å². The van der Waals surface area contributed by atoms with E-state index in [-0.39, 0.29) is 12.4 Å². The smallest absolute Gasteiger partial charge is 0.125 e. The lowest BCUT2D eigenvalue weighted by Gasteiger charge is -2.14. The molecule has 0 saturated heterocycles. The first kappa shape index (κ1) is 14.3. The van der Waals surface area contributed by atoms with Gasteiger partial charge in [0.15, 0.2) is 0 Å². The third kappa shape index (κ3) is 4.55. The van der Waals surface area contributed by atoms with E-state index in [1.807, 2.05) is 31.2 Å². The maximum atomic E-state index is 13.0. The molecule has 106 valence electrons. The number of rotatable bonds is 6. The van der Waals surface area contributed by atoms with E-state index in [9.17, 15) is 9.50 Å². The molecular formula is C16H18FNO2. The summed E-state index contributed by atoms with van der Waals surface area (Å²) in [5.74, 6) is 0.417. The largest absolute Gasteiger partial charge is 0.491 e. The van der Waals surface area contributed by atoms with Crippen molar-refractivity contribution in [2.75, 3.05) is 18.5 Å². The number of ether oxygens (including phenoxy) is 1. The van der Waals surface area contributed by atoms with Crippen molar-refractivity contribution >= 4 is 5.69 Å². The highest BCUT2D eigenvalue weighted by molar-refractivity contribution is 5.43. The molecule has 0 amide bonds. The molecule has 0 heterocycles. The third-order valence-electron chi connectivity index (χ3n) is 2.83. The van der Waals surface area contributed by atoms with Crippen LogP contribution < -0.4 is 10.1 Å². The lowest BCUT2D eigenvalue weighted by atomic mass is 10.2. The lowest BCUT2D eigenvalue weighted by Crippen LogP contribution is -2.26. The molecule has 0 bridgehead atoms. The quantitative estimate of drug-likeness (QED) is 0.851. The van der Waals surface area contributed by atoms with Crippen molar-refractivity contribution in [2.24, 2.45) is 0 Å². The highest BCUT2D eigenvalue weighted by atomic mass is 19.1. The number of benzene rings is 2. The first-order valence-corrected chi connectivity index (χ1v) is 6.50. The summed E-state index contributed by atoms with van der Waals surface area (Å²) in [5, 5.41) is 12.8. The summed E-state index contributed by atoms with van der Waals surface area (Å²) in [6, 6.07) is 13.8. The Morgan fingerprint density at radius 1 is 1.20 bits per heavy atom. The zero-order chi connectivity index (χ0) is 14.4. The van der Waals surface area contributed by atoms with Crippen molar-refractivity contribution in [3.8, 4) is 5.75 Å². The van der Waals surface area contributed by atoms with Crippen LogP contribution in [-0.4, -0.2) is 24.4 Å². The van der Waals surface area contributed by atoms with E-state index in [2.05, 4.69) is 5.32 Å². The Morgan fingerprint density at radius 2 is 1.95 bits per heavy atom. The summed E-state index contributed by atoms with van der Waals surface area (Å²) in [6.07, 6.45) is -0.667. The standard InChI is InChI=1S/C16H18FNO2/c1-12-5-7-16(8-6-12)20-11-15(19)10-18-14-4-2-3-13(17)9-14/h2-9,15,18-19H,10-11H2,1H3. The summed E-state index contributed by atoms with van der Waals surface area (Å²) in [6.45, 7) is 2.49. The fourth-order valence-corrected chi connectivity index (χ4v) is 1.72. The highest BCUT2D eigenvalue weighted by Gasteiger charge is 2.05. The van der Waals surface area contributed by atoms with Gasteiger partial charge in [-0.05, 0) is 37.3 Å². The van der Waals surface area contributed by atoms with Crippen molar-refractivity contribution in [1.29, 1.82) is 0 Å². The summed E-state index contributed by atoms with van der Waals surface area (Å²) >= 11 is 0. The Bertz CT molecular complexity index is 542. The number of aliphatic hydroxyl groups is 1. The summed E-state index contributed by atoms with van der Waals surface area (Å²) in [7, 11) is 0. The van der Waals surface area contributed by atoms with E-state index in [1.54, 1.807) is 12.1 Å². The number of aryl methyl sites for hydroxylation is 1. The van der Waals surface area contributed by atoms with Crippen LogP contribution in [0.2, 0.25) is 0 Å². The Kier molecular flexibility index (Phi) is 4.96. The number of halogens is 1. The Hall–Kier alpha value is -2.07. The van der Waals surface area contributed by atoms with Crippen LogP contribution in [-0.2, 0) is 0 Å². The van der Waals surface area contributed by atoms with Crippen LogP contribution in [0.3, 0.4) is 0 Å². The van der Waals surface area contributed by atoms with Crippen LogP contribution in [0.25, 0.3) is 0 Å². The number of nitrogens with one attached hydrogen (secondary N) is 1. The van der Waals surface area contributed by atoms with Crippen LogP contribution in [0.4, 0.5) is 10.1 Å². The predicted molar refractivity (Wildman–Crippen MR) is 77.6 cm³/mol. The fraction of sp³-hybridized carbons (Fsp3) is 0.250. The summed E-state index contributed by atoms with van der Waals surface area (Å²) < 4.78 is 18.4. The molecule has 0 saturated carbocycles. The van der Waals surface area contributed by atoms with Crippen molar-refractivity contribution in [3.63, 3.8) is 0 Å². The molecule has 0 aliphatic carbocycles. The Labute approximate surface area is 118 Å². The predicted octanol–water partition coefficient (Wildman–Crippen LogP) is 2.99. The fourth-order valence-electron chi connectivity index (χ4n) is 1.72. The second kappa shape index (κ2) is 6.91. The van der Waals surface area contributed by atoms with E-state index in [0.29, 0.717) is 12.2 Å². The third-order valence-corrected chi connectivity index (χ3v) is 2.83. The number of anilines is 1. The van der Waals surface area contributed by atoms with Gasteiger partial charge in [-0.25, -0.2) is 4.39 Å². The van der Waals surface area contributed by atoms with Gasteiger partial charge in [0, 0.05) is 12.2 Å². The summed E-state index contributed by atoms with van der Waals surface area (Å²) in [5.41, 5.74) is 1.80. The van der Waals surface area contributed by atoms with E-state index >= 15 is 0 Å². The molecule has 0 aliphatic rings. The molecule has 0 aliphatic heterocycles. The monoisotopic (exact) mass is 275 g/mol. The maximum Gasteiger partial charge on any atom is 0.125 e. The van der Waals surface area contributed by atoms with Crippen LogP contribution >= 0.6 is 0 Å². The molecule has 2 aromatic carbocycles. The molecule has 4 heteroatoms. The van der Waals surface area contributed by atoms with E-state index in [4.69, 9.17) is 4.74 Å². The van der Waals surface area contributed by atoms with E-state index in [0.717, 1.165) is 11.3 Å². The number of hydrogen-bond acceptors (Lipinski definition) is 3. The van der Waals surface area contributed by atoms with E-state index < -0.39 is 6.10 Å². The first-order chi connectivity index (χ1) is 9.63. The minimum absolute atomic E-state index is 0.186. The van der Waals surface area contributed by atoms with Crippen LogP contribution in [0.15, 0.2) is 48.5 Å².